The maximum absolute atomic E-state index is 14.4. The number of halogens is 1. The molecule has 3 atom stereocenters. The Morgan fingerprint density at radius 2 is 2.00 bits per heavy atom. The van der Waals surface area contributed by atoms with Gasteiger partial charge in [0.15, 0.2) is 5.78 Å². The van der Waals surface area contributed by atoms with Gasteiger partial charge in [0.25, 0.3) is 0 Å². The summed E-state index contributed by atoms with van der Waals surface area (Å²) in [5.74, 6) is -0.239. The van der Waals surface area contributed by atoms with E-state index in [4.69, 9.17) is 9.97 Å². The number of aliphatic hydroxyl groups is 1. The van der Waals surface area contributed by atoms with Crippen LogP contribution in [0.2, 0.25) is 0 Å². The molecule has 1 saturated carbocycles. The van der Waals surface area contributed by atoms with Crippen LogP contribution in [0.25, 0.3) is 11.3 Å². The molecule has 5 rings (SSSR count). The summed E-state index contributed by atoms with van der Waals surface area (Å²) >= 11 is 0. The van der Waals surface area contributed by atoms with Crippen molar-refractivity contribution in [1.29, 1.82) is 0 Å². The summed E-state index contributed by atoms with van der Waals surface area (Å²) in [4.78, 5) is 30.9. The van der Waals surface area contributed by atoms with Crippen molar-refractivity contribution in [3.8, 4) is 11.3 Å². The third-order valence-electron chi connectivity index (χ3n) is 7.01. The zero-order valence-corrected chi connectivity index (χ0v) is 17.9. The second-order valence-corrected chi connectivity index (χ2v) is 8.68. The topological polar surface area (TPSA) is 88.9 Å². The average Bonchev–Trinajstić information content (AvgIpc) is 2.81. The molecule has 32 heavy (non-hydrogen) atoms. The maximum atomic E-state index is 14.4. The molecule has 0 amide bonds. The Balaban J connectivity index is 1.85. The number of allylic oxidation sites excluding steroid dienone is 1. The van der Waals surface area contributed by atoms with Gasteiger partial charge in [-0.2, -0.15) is 0 Å². The number of aryl methyl sites for hydroxylation is 1. The summed E-state index contributed by atoms with van der Waals surface area (Å²) in [6, 6.07) is 6.53. The van der Waals surface area contributed by atoms with E-state index < -0.39 is 5.41 Å². The minimum Gasteiger partial charge on any atom is -0.515 e. The van der Waals surface area contributed by atoms with Gasteiger partial charge in [-0.1, -0.05) is 19.1 Å². The van der Waals surface area contributed by atoms with Gasteiger partial charge in [0, 0.05) is 40.4 Å². The molecule has 162 valence electrons. The normalized spacial score (nSPS) is 26.0. The van der Waals surface area contributed by atoms with Crippen LogP contribution in [-0.2, 0) is 16.6 Å². The first-order valence-electron chi connectivity index (χ1n) is 10.7. The number of nitrogens with zero attached hydrogens (tertiary/aromatic N) is 4. The van der Waals surface area contributed by atoms with Gasteiger partial charge in [-0.15, -0.1) is 0 Å². The van der Waals surface area contributed by atoms with Gasteiger partial charge in [-0.25, -0.2) is 24.3 Å². The summed E-state index contributed by atoms with van der Waals surface area (Å²) in [6.07, 6.45) is 7.50. The van der Waals surface area contributed by atoms with Crippen LogP contribution in [0, 0.1) is 24.6 Å². The molecule has 2 aliphatic rings. The van der Waals surface area contributed by atoms with Gasteiger partial charge >= 0.3 is 0 Å². The number of carbonyl (C=O) groups excluding carboxylic acids is 1. The Hall–Kier alpha value is -3.48. The van der Waals surface area contributed by atoms with Gasteiger partial charge in [0.1, 0.15) is 18.0 Å². The molecular formula is C25H23FN4O2. The lowest BCUT2D eigenvalue weighted by Gasteiger charge is -2.51. The third-order valence-corrected chi connectivity index (χ3v) is 7.01. The van der Waals surface area contributed by atoms with E-state index in [1.807, 2.05) is 19.9 Å². The van der Waals surface area contributed by atoms with E-state index in [1.165, 1.54) is 18.5 Å². The Morgan fingerprint density at radius 3 is 2.72 bits per heavy atom. The van der Waals surface area contributed by atoms with Gasteiger partial charge in [0.2, 0.25) is 0 Å². The molecule has 0 radical (unpaired) electrons. The third kappa shape index (κ3) is 2.95. The van der Waals surface area contributed by atoms with E-state index in [9.17, 15) is 14.3 Å². The zero-order valence-electron chi connectivity index (χ0n) is 17.9. The van der Waals surface area contributed by atoms with Crippen LogP contribution in [0.1, 0.15) is 42.4 Å². The van der Waals surface area contributed by atoms with Gasteiger partial charge < -0.3 is 5.11 Å². The maximum Gasteiger partial charge on any atom is 0.165 e. The molecule has 2 aromatic heterocycles. The number of rotatable bonds is 2. The quantitative estimate of drug-likeness (QED) is 0.482. The van der Waals surface area contributed by atoms with Crippen LogP contribution < -0.4 is 0 Å². The van der Waals surface area contributed by atoms with Crippen molar-refractivity contribution in [2.45, 2.75) is 38.5 Å². The molecule has 7 heteroatoms. The highest BCUT2D eigenvalue weighted by molar-refractivity contribution is 5.98. The number of hydrogen-bond donors (Lipinski definition) is 1. The first kappa shape index (κ1) is 20.4. The van der Waals surface area contributed by atoms with Crippen molar-refractivity contribution in [1.82, 2.24) is 19.9 Å². The van der Waals surface area contributed by atoms with Gasteiger partial charge in [-0.05, 0) is 49.8 Å². The van der Waals surface area contributed by atoms with Crippen LogP contribution in [0.15, 0.2) is 54.8 Å². The van der Waals surface area contributed by atoms with Crippen molar-refractivity contribution >= 4 is 5.78 Å². The number of ketones is 1. The van der Waals surface area contributed by atoms with Gasteiger partial charge in [-0.3, -0.25) is 4.79 Å². The van der Waals surface area contributed by atoms with E-state index in [1.54, 1.807) is 18.5 Å². The zero-order chi connectivity index (χ0) is 22.5. The molecule has 1 fully saturated rings. The molecule has 6 nitrogen and oxygen atoms in total. The van der Waals surface area contributed by atoms with Crippen molar-refractivity contribution in [2.75, 3.05) is 0 Å². The number of Topliss-reactive ketones (excluding diaryl/α,β-unsaturated/α-hetero) is 1. The van der Waals surface area contributed by atoms with Crippen molar-refractivity contribution in [3.63, 3.8) is 0 Å². The summed E-state index contributed by atoms with van der Waals surface area (Å²) in [5, 5.41) is 9.91. The first-order chi connectivity index (χ1) is 15.5. The minimum atomic E-state index is -0.754. The second kappa shape index (κ2) is 7.58. The molecule has 1 aromatic carbocycles. The van der Waals surface area contributed by atoms with E-state index in [0.717, 1.165) is 40.8 Å². The fourth-order valence-corrected chi connectivity index (χ4v) is 5.67. The Morgan fingerprint density at radius 1 is 1.22 bits per heavy atom. The molecule has 0 unspecified atom stereocenters. The van der Waals surface area contributed by atoms with Crippen LogP contribution >= 0.6 is 0 Å². The Labute approximate surface area is 185 Å². The summed E-state index contributed by atoms with van der Waals surface area (Å²) in [5.41, 5.74) is 3.66. The molecule has 3 aromatic rings. The number of benzene rings is 1. The average molecular weight is 430 g/mol. The molecule has 2 heterocycles. The SMILES string of the molecule is Cc1nc(-c2cncnc2)c2c(n1)[C@@]1(c3cccc(F)c3)C/C(=C/O)C(=O)[C@@H](C)[C@@H]1CC2. The lowest BCUT2D eigenvalue weighted by molar-refractivity contribution is -0.123. The highest BCUT2D eigenvalue weighted by Crippen LogP contribution is 2.56. The van der Waals surface area contributed by atoms with E-state index in [-0.39, 0.29) is 29.9 Å². The number of aliphatic hydroxyl groups excluding tert-OH is 1. The summed E-state index contributed by atoms with van der Waals surface area (Å²) in [6.45, 7) is 3.73. The predicted octanol–water partition coefficient (Wildman–Crippen LogP) is 4.28. The predicted molar refractivity (Wildman–Crippen MR) is 116 cm³/mol. The van der Waals surface area contributed by atoms with E-state index in [2.05, 4.69) is 9.97 Å². The largest absolute Gasteiger partial charge is 0.515 e. The van der Waals surface area contributed by atoms with Crippen LogP contribution in [0.5, 0.6) is 0 Å². The van der Waals surface area contributed by atoms with Crippen molar-refractivity contribution in [2.24, 2.45) is 11.8 Å². The Kier molecular flexibility index (Phi) is 4.84. The van der Waals surface area contributed by atoms with Crippen molar-refractivity contribution < 1.29 is 14.3 Å². The number of aromatic nitrogens is 4. The Bertz CT molecular complexity index is 1240. The number of carbonyl (C=O) groups is 1. The van der Waals surface area contributed by atoms with E-state index >= 15 is 0 Å². The molecule has 0 spiro atoms. The molecular weight excluding hydrogens is 407 g/mol. The number of fused-ring (bicyclic) bond motifs is 3. The molecule has 0 bridgehead atoms. The highest BCUT2D eigenvalue weighted by atomic mass is 19.1. The van der Waals surface area contributed by atoms with Crippen LogP contribution in [0.4, 0.5) is 4.39 Å². The van der Waals surface area contributed by atoms with Crippen molar-refractivity contribution in [3.05, 3.63) is 83.3 Å². The first-order valence-corrected chi connectivity index (χ1v) is 10.7. The monoisotopic (exact) mass is 430 g/mol. The minimum absolute atomic E-state index is 0.0598. The van der Waals surface area contributed by atoms with Crippen LogP contribution in [-0.4, -0.2) is 30.8 Å². The highest BCUT2D eigenvalue weighted by Gasteiger charge is 2.55. The lowest BCUT2D eigenvalue weighted by Crippen LogP contribution is -2.51. The molecule has 0 saturated heterocycles. The summed E-state index contributed by atoms with van der Waals surface area (Å²) in [7, 11) is 0. The fourth-order valence-electron chi connectivity index (χ4n) is 5.67. The lowest BCUT2D eigenvalue weighted by atomic mass is 9.52. The van der Waals surface area contributed by atoms with Gasteiger partial charge in [0.05, 0.1) is 17.6 Å². The second-order valence-electron chi connectivity index (χ2n) is 8.68. The molecule has 1 N–H and O–H groups in total. The van der Waals surface area contributed by atoms with Crippen LogP contribution in [0.3, 0.4) is 0 Å². The fraction of sp³-hybridized carbons (Fsp3) is 0.320. The smallest absolute Gasteiger partial charge is 0.165 e. The molecule has 0 aliphatic heterocycles. The summed E-state index contributed by atoms with van der Waals surface area (Å²) < 4.78 is 14.4. The number of hydrogen-bond acceptors (Lipinski definition) is 6. The standard InChI is InChI=1S/C25H23FN4O2/c1-14-21-7-6-20-22(17-10-27-13-28-11-17)29-15(2)30-24(20)25(21,9-16(12-31)23(14)32)18-4-3-5-19(26)8-18/h3-5,8,10-14,21,31H,6-7,9H2,1-2H3/b16-12-/t14-,21-,25+/m0/s1. The molecule has 2 aliphatic carbocycles. The van der Waals surface area contributed by atoms with E-state index in [0.29, 0.717) is 17.8 Å².